The minimum atomic E-state index is -1.15. The summed E-state index contributed by atoms with van der Waals surface area (Å²) in [4.78, 5) is 71.9. The molecule has 76 heavy (non-hydrogen) atoms. The second kappa shape index (κ2) is 20.9. The zero-order valence-electron chi connectivity index (χ0n) is 40.0. The first kappa shape index (κ1) is 51.2. The van der Waals surface area contributed by atoms with Gasteiger partial charge in [-0.15, -0.1) is 46.2 Å². The van der Waals surface area contributed by atoms with Gasteiger partial charge in [0.15, 0.2) is 34.7 Å². The molecular formula is C50H42F4N6O12S4. The Labute approximate surface area is 445 Å². The van der Waals surface area contributed by atoms with Crippen LogP contribution in [-0.4, -0.2) is 110 Å². The number of thiophene rings is 2. The molecule has 6 aliphatic heterocycles. The van der Waals surface area contributed by atoms with Crippen LogP contribution >= 0.6 is 46.2 Å². The maximum absolute atomic E-state index is 15.2. The number of fused-ring (bicyclic) bond motifs is 8. The van der Waals surface area contributed by atoms with Crippen LogP contribution in [0.4, 0.5) is 22.4 Å². The molecule has 0 spiro atoms. The van der Waals surface area contributed by atoms with Crippen LogP contribution in [0.1, 0.15) is 65.1 Å². The lowest BCUT2D eigenvalue weighted by atomic mass is 9.97. The Hall–Kier alpha value is -6.97. The maximum atomic E-state index is 15.2. The monoisotopic (exact) mass is 1120 g/mol. The third-order valence-corrected chi connectivity index (χ3v) is 17.8. The van der Waals surface area contributed by atoms with Crippen LogP contribution in [-0.2, 0) is 35.2 Å². The van der Waals surface area contributed by atoms with E-state index in [0.717, 1.165) is 38.8 Å². The minimum absolute atomic E-state index is 0.00795. The van der Waals surface area contributed by atoms with Gasteiger partial charge in [-0.05, 0) is 52.7 Å². The smallest absolute Gasteiger partial charge is 0.469 e. The number of thioether (sulfide) groups is 2. The summed E-state index contributed by atoms with van der Waals surface area (Å²) in [6, 6.07) is 10.4. The lowest BCUT2D eigenvalue weighted by Gasteiger charge is -2.51. The molecule has 0 radical (unpaired) electrons. The second-order valence-corrected chi connectivity index (χ2v) is 21.3. The van der Waals surface area contributed by atoms with Crippen molar-refractivity contribution in [2.75, 3.05) is 70.5 Å². The van der Waals surface area contributed by atoms with Crippen LogP contribution in [0.3, 0.4) is 0 Å². The Bertz CT molecular complexity index is 3460. The first-order chi connectivity index (χ1) is 36.8. The van der Waals surface area contributed by atoms with Gasteiger partial charge in [-0.2, -0.15) is 0 Å². The predicted octanol–water partition coefficient (Wildman–Crippen LogP) is 7.28. The fourth-order valence-corrected chi connectivity index (χ4v) is 14.6. The number of morpholine rings is 2. The summed E-state index contributed by atoms with van der Waals surface area (Å²) in [5, 5.41) is 7.55. The SMILES string of the molecule is C=C(OC)OCOc1c2n(ccc1=O)N([C@@H]1c3ccc(F)c(F)c3CSc3ccsc31)[C@@H]1COCCN1C2=O.COC(=O)Oc1c2n(ccc1=O)N([C@@H]1c3ccc(F)c(F)c3CSc3ccsc31)[C@@H]1COCCN1C2=O. The van der Waals surface area contributed by atoms with Gasteiger partial charge < -0.3 is 43.0 Å². The summed E-state index contributed by atoms with van der Waals surface area (Å²) >= 11 is 5.75. The zero-order valence-corrected chi connectivity index (χ0v) is 43.3. The average molecular weight is 1120 g/mol. The van der Waals surface area contributed by atoms with E-state index in [1.54, 1.807) is 26.7 Å². The van der Waals surface area contributed by atoms with E-state index in [-0.39, 0.29) is 78.6 Å². The number of methoxy groups -OCH3 is 2. The van der Waals surface area contributed by atoms with Crippen LogP contribution in [0.15, 0.2) is 104 Å². The molecular weight excluding hydrogens is 1080 g/mol. The summed E-state index contributed by atoms with van der Waals surface area (Å²) in [5.41, 5.74) is 0.169. The third-order valence-electron chi connectivity index (χ3n) is 13.5. The fourth-order valence-electron chi connectivity index (χ4n) is 10.00. The third kappa shape index (κ3) is 8.72. The van der Waals surface area contributed by atoms with E-state index in [1.165, 1.54) is 87.4 Å². The Morgan fingerprint density at radius 2 is 1.16 bits per heavy atom. The second-order valence-electron chi connectivity index (χ2n) is 17.4. The molecule has 2 amide bonds. The highest BCUT2D eigenvalue weighted by Gasteiger charge is 2.49. The Morgan fingerprint density at radius 1 is 0.671 bits per heavy atom. The van der Waals surface area contributed by atoms with E-state index in [2.05, 4.69) is 11.3 Å². The van der Waals surface area contributed by atoms with Gasteiger partial charge in [-0.25, -0.2) is 22.4 Å². The van der Waals surface area contributed by atoms with Gasteiger partial charge in [0, 0.05) is 79.8 Å². The molecule has 4 atom stereocenters. The topological polar surface area (TPSA) is 173 Å². The van der Waals surface area contributed by atoms with Crippen molar-refractivity contribution in [2.24, 2.45) is 0 Å². The van der Waals surface area contributed by atoms with Crippen LogP contribution in [0.25, 0.3) is 0 Å². The highest BCUT2D eigenvalue weighted by Crippen LogP contribution is 2.49. The minimum Gasteiger partial charge on any atom is -0.469 e. The molecule has 0 aliphatic carbocycles. The van der Waals surface area contributed by atoms with Gasteiger partial charge in [0.05, 0.1) is 40.6 Å². The number of hydrogen-bond acceptors (Lipinski definition) is 18. The molecule has 18 nitrogen and oxygen atoms in total. The molecule has 2 aromatic carbocycles. The predicted molar refractivity (Wildman–Crippen MR) is 269 cm³/mol. The number of benzene rings is 2. The molecule has 6 aliphatic rings. The summed E-state index contributed by atoms with van der Waals surface area (Å²) in [6.07, 6.45) is 0.516. The normalized spacial score (nSPS) is 20.1. The van der Waals surface area contributed by atoms with Crippen molar-refractivity contribution in [3.05, 3.63) is 171 Å². The number of aromatic nitrogens is 2. The molecule has 0 N–H and O–H groups in total. The maximum Gasteiger partial charge on any atom is 0.513 e. The van der Waals surface area contributed by atoms with E-state index >= 15 is 8.78 Å². The van der Waals surface area contributed by atoms with Gasteiger partial charge >= 0.3 is 6.16 Å². The molecule has 10 heterocycles. The van der Waals surface area contributed by atoms with Gasteiger partial charge in [-0.1, -0.05) is 12.1 Å². The first-order valence-corrected chi connectivity index (χ1v) is 27.0. The number of hydrogen-bond donors (Lipinski definition) is 0. The van der Waals surface area contributed by atoms with Crippen LogP contribution in [0.2, 0.25) is 0 Å². The molecule has 0 unspecified atom stereocenters. The van der Waals surface area contributed by atoms with Crippen molar-refractivity contribution >= 4 is 64.2 Å². The Kier molecular flexibility index (Phi) is 14.0. The van der Waals surface area contributed by atoms with Crippen molar-refractivity contribution < 1.29 is 65.1 Å². The molecule has 6 aromatic rings. The van der Waals surface area contributed by atoms with Gasteiger partial charge in [-0.3, -0.25) is 38.5 Å². The largest absolute Gasteiger partial charge is 0.513 e. The lowest BCUT2D eigenvalue weighted by Crippen LogP contribution is -2.66. The van der Waals surface area contributed by atoms with Gasteiger partial charge in [0.2, 0.25) is 29.1 Å². The Morgan fingerprint density at radius 3 is 1.64 bits per heavy atom. The van der Waals surface area contributed by atoms with Crippen molar-refractivity contribution in [1.82, 2.24) is 19.2 Å². The molecule has 2 fully saturated rings. The average Bonchev–Trinajstić information content (AvgIpc) is 4.16. The summed E-state index contributed by atoms with van der Waals surface area (Å²) in [6.45, 7) is 4.50. The number of halogens is 4. The van der Waals surface area contributed by atoms with E-state index in [9.17, 15) is 32.8 Å². The number of carbonyl (C=O) groups excluding carboxylic acids is 3. The summed E-state index contributed by atoms with van der Waals surface area (Å²) in [5.74, 6) is -4.89. The van der Waals surface area contributed by atoms with Gasteiger partial charge in [0.1, 0.15) is 24.4 Å². The number of rotatable bonds is 8. The fraction of sp³-hybridized carbons (Fsp3) is 0.300. The number of carbonyl (C=O) groups is 3. The summed E-state index contributed by atoms with van der Waals surface area (Å²) in [7, 11) is 2.46. The standard InChI is InChI=1S/C26H23F2N3O6S2.C24H19F2N3O6S2/c1-14(34-2)36-13-37-24-18(32)5-7-30-23(24)26(33)29-8-9-35-11-20(29)31(30)22-15-3-4-17(27)21(28)16(15)12-39-19-6-10-38-25(19)22;1-33-24(32)35-21-15(30)4-6-28-20(21)23(31)27-7-8-34-10-17(27)29(28)19-12-2-3-14(25)18(26)13(12)11-37-16-5-9-36-22(16)19/h3-7,10,20,22H,1,8-9,11-13H2,2H3;2-6,9,17,19H,7-8,10-11H2,1H3/t20-,22-;17-,19-/m11/s1. The zero-order chi connectivity index (χ0) is 53.1. The quantitative estimate of drug-likeness (QED) is 0.0644. The van der Waals surface area contributed by atoms with E-state index in [1.807, 2.05) is 27.9 Å². The van der Waals surface area contributed by atoms with Crippen LogP contribution in [0.5, 0.6) is 11.5 Å². The molecule has 0 bridgehead atoms. The first-order valence-electron chi connectivity index (χ1n) is 23.2. The van der Waals surface area contributed by atoms with Crippen LogP contribution in [0, 0.1) is 23.3 Å². The van der Waals surface area contributed by atoms with Crippen molar-refractivity contribution in [1.29, 1.82) is 0 Å². The van der Waals surface area contributed by atoms with Crippen LogP contribution < -0.4 is 30.3 Å². The molecule has 4 aromatic heterocycles. The lowest BCUT2D eigenvalue weighted by molar-refractivity contribution is -0.0237. The number of ether oxygens (including phenoxy) is 7. The molecule has 396 valence electrons. The van der Waals surface area contributed by atoms with E-state index in [0.29, 0.717) is 17.7 Å². The molecule has 26 heteroatoms. The van der Waals surface area contributed by atoms with Gasteiger partial charge in [0.25, 0.3) is 17.8 Å². The highest BCUT2D eigenvalue weighted by atomic mass is 32.2. The van der Waals surface area contributed by atoms with E-state index < -0.39 is 89.1 Å². The van der Waals surface area contributed by atoms with Crippen molar-refractivity contribution in [3.63, 3.8) is 0 Å². The number of pyridine rings is 2. The molecule has 2 saturated heterocycles. The number of amides is 2. The molecule has 0 saturated carbocycles. The number of nitrogens with zero attached hydrogens (tertiary/aromatic N) is 6. The van der Waals surface area contributed by atoms with Crippen molar-refractivity contribution in [3.8, 4) is 11.5 Å². The highest BCUT2D eigenvalue weighted by molar-refractivity contribution is 7.99. The summed E-state index contributed by atoms with van der Waals surface area (Å²) < 4.78 is 99.0. The Balaban J connectivity index is 0.000000162. The van der Waals surface area contributed by atoms with Crippen molar-refractivity contribution in [2.45, 2.75) is 45.7 Å². The van der Waals surface area contributed by atoms with E-state index in [4.69, 9.17) is 28.4 Å². The molecule has 12 rings (SSSR count).